The van der Waals surface area contributed by atoms with Crippen molar-refractivity contribution < 1.29 is 17.6 Å². The van der Waals surface area contributed by atoms with Crippen molar-refractivity contribution in [3.05, 3.63) is 67.0 Å². The van der Waals surface area contributed by atoms with E-state index in [1.807, 2.05) is 0 Å². The first-order valence-electron chi connectivity index (χ1n) is 7.11. The lowest BCUT2D eigenvalue weighted by Gasteiger charge is -2.23. The van der Waals surface area contributed by atoms with Crippen LogP contribution in [0.5, 0.6) is 0 Å². The van der Waals surface area contributed by atoms with Crippen molar-refractivity contribution in [2.45, 2.75) is 11.8 Å². The van der Waals surface area contributed by atoms with Crippen LogP contribution < -0.4 is 9.62 Å². The van der Waals surface area contributed by atoms with Crippen LogP contribution in [-0.4, -0.2) is 20.9 Å². The zero-order valence-corrected chi connectivity index (χ0v) is 13.9. The molecule has 0 aromatic heterocycles. The van der Waals surface area contributed by atoms with Crippen molar-refractivity contribution in [3.8, 4) is 0 Å². The third kappa shape index (κ3) is 3.99. The van der Waals surface area contributed by atoms with Gasteiger partial charge < -0.3 is 5.32 Å². The van der Waals surface area contributed by atoms with Gasteiger partial charge in [0.05, 0.1) is 17.1 Å². The molecule has 0 atom stereocenters. The Balaban J connectivity index is 2.41. The largest absolute Gasteiger partial charge is 0.326 e. The maximum Gasteiger partial charge on any atom is 0.264 e. The second kappa shape index (κ2) is 7.27. The van der Waals surface area contributed by atoms with Gasteiger partial charge in [-0.2, -0.15) is 0 Å². The predicted molar refractivity (Wildman–Crippen MR) is 91.9 cm³/mol. The van der Waals surface area contributed by atoms with Crippen LogP contribution in [0.15, 0.2) is 66.1 Å². The van der Waals surface area contributed by atoms with E-state index in [0.717, 1.165) is 10.4 Å². The van der Waals surface area contributed by atoms with Crippen molar-refractivity contribution in [2.75, 3.05) is 16.2 Å². The second-order valence-electron chi connectivity index (χ2n) is 5.01. The zero-order chi connectivity index (χ0) is 17.7. The van der Waals surface area contributed by atoms with Gasteiger partial charge in [-0.3, -0.25) is 9.10 Å². The van der Waals surface area contributed by atoms with Crippen LogP contribution in [0.1, 0.15) is 6.92 Å². The Bertz CT molecular complexity index is 848. The van der Waals surface area contributed by atoms with Gasteiger partial charge in [0.15, 0.2) is 0 Å². The maximum atomic E-state index is 13.4. The topological polar surface area (TPSA) is 66.5 Å². The van der Waals surface area contributed by atoms with Gasteiger partial charge in [-0.15, -0.1) is 6.58 Å². The van der Waals surface area contributed by atoms with E-state index >= 15 is 0 Å². The fourth-order valence-corrected chi connectivity index (χ4v) is 3.56. The normalized spacial score (nSPS) is 10.9. The summed E-state index contributed by atoms with van der Waals surface area (Å²) in [5.74, 6) is -0.781. The van der Waals surface area contributed by atoms with Gasteiger partial charge >= 0.3 is 0 Å². The summed E-state index contributed by atoms with van der Waals surface area (Å²) in [7, 11) is -3.90. The number of benzene rings is 2. The van der Waals surface area contributed by atoms with Crippen LogP contribution in [0.2, 0.25) is 0 Å². The number of amides is 1. The molecule has 0 bridgehead atoms. The molecule has 126 valence electrons. The second-order valence-corrected chi connectivity index (χ2v) is 6.87. The molecule has 2 aromatic rings. The molecule has 24 heavy (non-hydrogen) atoms. The predicted octanol–water partition coefficient (Wildman–Crippen LogP) is 3.17. The minimum Gasteiger partial charge on any atom is -0.326 e. The average molecular weight is 348 g/mol. The highest BCUT2D eigenvalue weighted by Crippen LogP contribution is 2.25. The SMILES string of the molecule is C=CCN(c1cccc(F)c1)S(=O)(=O)c1ccc(NC(C)=O)cc1. The molecule has 0 saturated carbocycles. The van der Waals surface area contributed by atoms with Gasteiger partial charge in [0, 0.05) is 12.6 Å². The van der Waals surface area contributed by atoms with E-state index in [1.54, 1.807) is 0 Å². The Kier molecular flexibility index (Phi) is 5.35. The number of hydrogen-bond donors (Lipinski definition) is 1. The lowest BCUT2D eigenvalue weighted by Crippen LogP contribution is -2.31. The van der Waals surface area contributed by atoms with Gasteiger partial charge in [0.2, 0.25) is 5.91 Å². The number of nitrogens with zero attached hydrogens (tertiary/aromatic N) is 1. The van der Waals surface area contributed by atoms with Gasteiger partial charge in [-0.1, -0.05) is 12.1 Å². The van der Waals surface area contributed by atoms with Crippen molar-refractivity contribution in [2.24, 2.45) is 0 Å². The van der Waals surface area contributed by atoms with Crippen LogP contribution >= 0.6 is 0 Å². The molecule has 0 aliphatic heterocycles. The smallest absolute Gasteiger partial charge is 0.264 e. The third-order valence-electron chi connectivity index (χ3n) is 3.15. The summed E-state index contributed by atoms with van der Waals surface area (Å²) in [6.07, 6.45) is 1.42. The van der Waals surface area contributed by atoms with Crippen molar-refractivity contribution in [1.82, 2.24) is 0 Å². The number of sulfonamides is 1. The monoisotopic (exact) mass is 348 g/mol. The van der Waals surface area contributed by atoms with Crippen molar-refractivity contribution in [1.29, 1.82) is 0 Å². The molecule has 1 N–H and O–H groups in total. The Morgan fingerprint density at radius 3 is 2.46 bits per heavy atom. The summed E-state index contributed by atoms with van der Waals surface area (Å²) in [4.78, 5) is 11.1. The summed E-state index contributed by atoms with van der Waals surface area (Å²) in [5.41, 5.74) is 0.698. The van der Waals surface area contributed by atoms with E-state index in [0.29, 0.717) is 5.69 Å². The summed E-state index contributed by atoms with van der Waals surface area (Å²) in [6, 6.07) is 11.1. The molecule has 0 radical (unpaired) electrons. The lowest BCUT2D eigenvalue weighted by molar-refractivity contribution is -0.114. The van der Waals surface area contributed by atoms with Crippen LogP contribution in [0, 0.1) is 5.82 Å². The van der Waals surface area contributed by atoms with Crippen molar-refractivity contribution >= 4 is 27.3 Å². The molecular weight excluding hydrogens is 331 g/mol. The van der Waals surface area contributed by atoms with E-state index in [1.165, 1.54) is 55.5 Å². The van der Waals surface area contributed by atoms with Gasteiger partial charge in [0.1, 0.15) is 5.82 Å². The first kappa shape index (κ1) is 17.7. The Hall–Kier alpha value is -2.67. The molecule has 0 unspecified atom stereocenters. The highest BCUT2D eigenvalue weighted by molar-refractivity contribution is 7.92. The fraction of sp³-hybridized carbons (Fsp3) is 0.118. The Morgan fingerprint density at radius 1 is 1.25 bits per heavy atom. The molecule has 0 aliphatic rings. The molecule has 1 amide bonds. The quantitative estimate of drug-likeness (QED) is 0.816. The Labute approximate surface area is 140 Å². The number of halogens is 1. The van der Waals surface area contributed by atoms with E-state index in [2.05, 4.69) is 11.9 Å². The number of hydrogen-bond acceptors (Lipinski definition) is 3. The zero-order valence-electron chi connectivity index (χ0n) is 13.1. The van der Waals surface area contributed by atoms with Gasteiger partial charge in [-0.25, -0.2) is 12.8 Å². The molecular formula is C17H17FN2O3S. The minimum atomic E-state index is -3.90. The fourth-order valence-electron chi connectivity index (χ4n) is 2.13. The molecule has 0 heterocycles. The molecule has 0 fully saturated rings. The molecule has 0 spiro atoms. The molecule has 2 rings (SSSR count). The summed E-state index contributed by atoms with van der Waals surface area (Å²) in [5, 5.41) is 2.56. The molecule has 2 aromatic carbocycles. The first-order valence-corrected chi connectivity index (χ1v) is 8.55. The van der Waals surface area contributed by atoms with Crippen molar-refractivity contribution in [3.63, 3.8) is 0 Å². The number of carbonyl (C=O) groups excluding carboxylic acids is 1. The lowest BCUT2D eigenvalue weighted by atomic mass is 10.3. The maximum absolute atomic E-state index is 13.4. The van der Waals surface area contributed by atoms with E-state index in [4.69, 9.17) is 0 Å². The van der Waals surface area contributed by atoms with Crippen LogP contribution in [0.25, 0.3) is 0 Å². The number of anilines is 2. The summed E-state index contributed by atoms with van der Waals surface area (Å²) < 4.78 is 40.2. The number of carbonyl (C=O) groups is 1. The summed E-state index contributed by atoms with van der Waals surface area (Å²) >= 11 is 0. The number of nitrogens with one attached hydrogen (secondary N) is 1. The molecule has 7 heteroatoms. The minimum absolute atomic E-state index is 0.000760. The molecule has 5 nitrogen and oxygen atoms in total. The molecule has 0 aliphatic carbocycles. The van der Waals surface area contributed by atoms with Crippen LogP contribution in [0.3, 0.4) is 0 Å². The summed E-state index contributed by atoms with van der Waals surface area (Å²) in [6.45, 7) is 4.92. The van der Waals surface area contributed by atoms with E-state index in [9.17, 15) is 17.6 Å². The number of rotatable bonds is 6. The van der Waals surface area contributed by atoms with Gasteiger partial charge in [-0.05, 0) is 42.5 Å². The third-order valence-corrected chi connectivity index (χ3v) is 4.96. The first-order chi connectivity index (χ1) is 11.3. The highest BCUT2D eigenvalue weighted by atomic mass is 32.2. The van der Waals surface area contributed by atoms with E-state index in [-0.39, 0.29) is 23.0 Å². The standard InChI is InChI=1S/C17H17FN2O3S/c1-3-11-20(16-6-4-5-14(18)12-16)24(22,23)17-9-7-15(8-10-17)19-13(2)21/h3-10,12H,1,11H2,2H3,(H,19,21). The highest BCUT2D eigenvalue weighted by Gasteiger charge is 2.24. The van der Waals surface area contributed by atoms with Crippen LogP contribution in [-0.2, 0) is 14.8 Å². The van der Waals surface area contributed by atoms with Crippen LogP contribution in [0.4, 0.5) is 15.8 Å². The van der Waals surface area contributed by atoms with Gasteiger partial charge in [0.25, 0.3) is 10.0 Å². The molecule has 0 saturated heterocycles. The Morgan fingerprint density at radius 2 is 1.92 bits per heavy atom. The average Bonchev–Trinajstić information content (AvgIpc) is 2.52. The van der Waals surface area contributed by atoms with E-state index < -0.39 is 15.8 Å².